The quantitative estimate of drug-likeness (QED) is 0.837. The smallest absolute Gasteiger partial charge is 0.253 e. The predicted molar refractivity (Wildman–Crippen MR) is 98.1 cm³/mol. The second-order valence-electron chi connectivity index (χ2n) is 6.24. The van der Waals surface area contributed by atoms with Gasteiger partial charge in [0.2, 0.25) is 0 Å². The first-order chi connectivity index (χ1) is 11.6. The maximum Gasteiger partial charge on any atom is 0.253 e. The van der Waals surface area contributed by atoms with Crippen molar-refractivity contribution in [2.75, 3.05) is 18.8 Å². The number of likely N-dealkylation sites (tertiary alicyclic amines) is 1. The summed E-state index contributed by atoms with van der Waals surface area (Å²) < 4.78 is 0. The van der Waals surface area contributed by atoms with Gasteiger partial charge >= 0.3 is 0 Å². The number of hydrogen-bond donors (Lipinski definition) is 2. The molecule has 24 heavy (non-hydrogen) atoms. The van der Waals surface area contributed by atoms with Crippen molar-refractivity contribution in [3.05, 3.63) is 64.7 Å². The summed E-state index contributed by atoms with van der Waals surface area (Å²) in [7, 11) is 0. The van der Waals surface area contributed by atoms with E-state index in [1.807, 2.05) is 24.3 Å². The topological polar surface area (TPSA) is 58.4 Å². The molecule has 1 aliphatic rings. The van der Waals surface area contributed by atoms with E-state index in [-0.39, 0.29) is 11.9 Å². The van der Waals surface area contributed by atoms with Gasteiger partial charge in [-0.05, 0) is 42.7 Å². The number of nitrogens with two attached hydrogens (primary N) is 1. The maximum absolute atomic E-state index is 12.3. The molecule has 2 aromatic carbocycles. The average molecular weight is 344 g/mol. The first-order valence-electron chi connectivity index (χ1n) is 8.24. The van der Waals surface area contributed by atoms with Crippen molar-refractivity contribution in [2.45, 2.75) is 25.4 Å². The molecule has 0 unspecified atom stereocenters. The van der Waals surface area contributed by atoms with Gasteiger partial charge in [-0.25, -0.2) is 0 Å². The Morgan fingerprint density at radius 2 is 1.79 bits per heavy atom. The van der Waals surface area contributed by atoms with Gasteiger partial charge in [-0.2, -0.15) is 0 Å². The number of para-hydroxylation sites is 1. The lowest BCUT2D eigenvalue weighted by molar-refractivity contribution is 0.0910. The number of benzene rings is 2. The number of nitrogen functional groups attached to an aromatic ring is 1. The number of nitrogens with zero attached hydrogens (tertiary/aromatic N) is 1. The number of carbonyl (C=O) groups excluding carboxylic acids is 1. The normalized spacial score (nSPS) is 16.0. The zero-order chi connectivity index (χ0) is 16.9. The van der Waals surface area contributed by atoms with Gasteiger partial charge in [0.1, 0.15) is 0 Å². The average Bonchev–Trinajstić information content (AvgIpc) is 2.59. The van der Waals surface area contributed by atoms with Gasteiger partial charge in [-0.3, -0.25) is 9.69 Å². The van der Waals surface area contributed by atoms with Crippen molar-refractivity contribution in [3.63, 3.8) is 0 Å². The number of hydrogen-bond acceptors (Lipinski definition) is 3. The molecular formula is C19H22ClN3O. The van der Waals surface area contributed by atoms with E-state index in [9.17, 15) is 4.79 Å². The summed E-state index contributed by atoms with van der Waals surface area (Å²) in [4.78, 5) is 14.7. The summed E-state index contributed by atoms with van der Waals surface area (Å²) in [5, 5.41) is 3.87. The zero-order valence-electron chi connectivity index (χ0n) is 13.5. The van der Waals surface area contributed by atoms with Crippen molar-refractivity contribution in [2.24, 2.45) is 0 Å². The fraction of sp³-hybridized carbons (Fsp3) is 0.316. The van der Waals surface area contributed by atoms with Crippen molar-refractivity contribution >= 4 is 23.2 Å². The Bertz CT molecular complexity index is 694. The summed E-state index contributed by atoms with van der Waals surface area (Å²) in [6.07, 6.45) is 1.90. The van der Waals surface area contributed by atoms with Gasteiger partial charge in [0.05, 0.1) is 5.56 Å². The van der Waals surface area contributed by atoms with Crippen LogP contribution in [0.3, 0.4) is 0 Å². The largest absolute Gasteiger partial charge is 0.398 e. The third-order valence-electron chi connectivity index (χ3n) is 4.45. The molecule has 126 valence electrons. The minimum Gasteiger partial charge on any atom is -0.398 e. The van der Waals surface area contributed by atoms with E-state index in [1.165, 1.54) is 5.56 Å². The molecule has 2 aromatic rings. The minimum atomic E-state index is -0.0794. The second-order valence-corrected chi connectivity index (χ2v) is 6.67. The third kappa shape index (κ3) is 4.28. The highest BCUT2D eigenvalue weighted by atomic mass is 35.5. The molecule has 1 fully saturated rings. The number of anilines is 1. The molecule has 3 N–H and O–H groups in total. The van der Waals surface area contributed by atoms with E-state index in [1.54, 1.807) is 12.1 Å². The Hall–Kier alpha value is -2.04. The first-order valence-corrected chi connectivity index (χ1v) is 8.62. The SMILES string of the molecule is Nc1ccccc1C(=O)NC1CCN(Cc2ccc(Cl)cc2)CC1. The highest BCUT2D eigenvalue weighted by Crippen LogP contribution is 2.17. The fourth-order valence-corrected chi connectivity index (χ4v) is 3.18. The highest BCUT2D eigenvalue weighted by Gasteiger charge is 2.21. The molecular weight excluding hydrogens is 322 g/mol. The number of amides is 1. The monoisotopic (exact) mass is 343 g/mol. The summed E-state index contributed by atoms with van der Waals surface area (Å²) in [6.45, 7) is 2.86. The van der Waals surface area contributed by atoms with Crippen LogP contribution in [0.2, 0.25) is 5.02 Å². The molecule has 0 spiro atoms. The first kappa shape index (κ1) is 16.8. The van der Waals surface area contributed by atoms with E-state index in [2.05, 4.69) is 22.3 Å². The Labute approximate surface area is 147 Å². The van der Waals surface area contributed by atoms with Gasteiger partial charge in [0, 0.05) is 36.4 Å². The Kier molecular flexibility index (Phi) is 5.38. The van der Waals surface area contributed by atoms with Crippen LogP contribution in [0, 0.1) is 0 Å². The summed E-state index contributed by atoms with van der Waals surface area (Å²) in [5.74, 6) is -0.0794. The molecule has 0 aliphatic carbocycles. The molecule has 1 saturated heterocycles. The Morgan fingerprint density at radius 1 is 1.12 bits per heavy atom. The van der Waals surface area contributed by atoms with Gasteiger partial charge in [-0.1, -0.05) is 35.9 Å². The lowest BCUT2D eigenvalue weighted by Gasteiger charge is -2.32. The molecule has 3 rings (SSSR count). The molecule has 1 amide bonds. The Balaban J connectivity index is 1.49. The van der Waals surface area contributed by atoms with Crippen LogP contribution in [0.25, 0.3) is 0 Å². The van der Waals surface area contributed by atoms with Crippen molar-refractivity contribution < 1.29 is 4.79 Å². The highest BCUT2D eigenvalue weighted by molar-refractivity contribution is 6.30. The second kappa shape index (κ2) is 7.69. The van der Waals surface area contributed by atoms with E-state index >= 15 is 0 Å². The number of piperidine rings is 1. The lowest BCUT2D eigenvalue weighted by Crippen LogP contribution is -2.44. The van der Waals surface area contributed by atoms with Crippen LogP contribution in [0.1, 0.15) is 28.8 Å². The molecule has 0 saturated carbocycles. The predicted octanol–water partition coefficient (Wildman–Crippen LogP) is 3.32. The Morgan fingerprint density at radius 3 is 2.46 bits per heavy atom. The van der Waals surface area contributed by atoms with Gasteiger partial charge in [-0.15, -0.1) is 0 Å². The lowest BCUT2D eigenvalue weighted by atomic mass is 10.0. The fourth-order valence-electron chi connectivity index (χ4n) is 3.05. The standard InChI is InChI=1S/C19H22ClN3O/c20-15-7-5-14(6-8-15)13-23-11-9-16(10-12-23)22-19(24)17-3-1-2-4-18(17)21/h1-8,16H,9-13,21H2,(H,22,24). The van der Waals surface area contributed by atoms with Gasteiger partial charge in [0.15, 0.2) is 0 Å². The van der Waals surface area contributed by atoms with Crippen molar-refractivity contribution in [1.29, 1.82) is 0 Å². The molecule has 4 nitrogen and oxygen atoms in total. The van der Waals surface area contributed by atoms with Gasteiger partial charge in [0.25, 0.3) is 5.91 Å². The van der Waals surface area contributed by atoms with Crippen LogP contribution in [0.15, 0.2) is 48.5 Å². The molecule has 5 heteroatoms. The molecule has 0 aromatic heterocycles. The van der Waals surface area contributed by atoms with Crippen LogP contribution in [0.4, 0.5) is 5.69 Å². The van der Waals surface area contributed by atoms with E-state index < -0.39 is 0 Å². The van der Waals surface area contributed by atoms with Crippen molar-refractivity contribution in [1.82, 2.24) is 10.2 Å². The summed E-state index contributed by atoms with van der Waals surface area (Å²) >= 11 is 5.92. The van der Waals surface area contributed by atoms with Crippen LogP contribution < -0.4 is 11.1 Å². The minimum absolute atomic E-state index is 0.0794. The van der Waals surface area contributed by atoms with E-state index in [4.69, 9.17) is 17.3 Å². The molecule has 0 bridgehead atoms. The summed E-state index contributed by atoms with van der Waals surface area (Å²) in [6, 6.07) is 15.4. The van der Waals surface area contributed by atoms with Crippen LogP contribution in [-0.4, -0.2) is 29.9 Å². The van der Waals surface area contributed by atoms with Crippen LogP contribution in [-0.2, 0) is 6.54 Å². The summed E-state index contributed by atoms with van der Waals surface area (Å²) in [5.41, 5.74) is 8.21. The number of carbonyl (C=O) groups is 1. The van der Waals surface area contributed by atoms with Crippen LogP contribution >= 0.6 is 11.6 Å². The van der Waals surface area contributed by atoms with Crippen LogP contribution in [0.5, 0.6) is 0 Å². The van der Waals surface area contributed by atoms with E-state index in [0.717, 1.165) is 37.5 Å². The maximum atomic E-state index is 12.3. The molecule has 1 aliphatic heterocycles. The number of halogens is 1. The van der Waals surface area contributed by atoms with E-state index in [0.29, 0.717) is 11.3 Å². The number of rotatable bonds is 4. The molecule has 0 radical (unpaired) electrons. The van der Waals surface area contributed by atoms with Crippen molar-refractivity contribution in [3.8, 4) is 0 Å². The zero-order valence-corrected chi connectivity index (χ0v) is 14.3. The third-order valence-corrected chi connectivity index (χ3v) is 4.70. The number of nitrogens with one attached hydrogen (secondary N) is 1. The molecule has 0 atom stereocenters. The van der Waals surface area contributed by atoms with Gasteiger partial charge < -0.3 is 11.1 Å². The molecule has 1 heterocycles.